The van der Waals surface area contributed by atoms with Crippen molar-refractivity contribution < 1.29 is 147 Å². The molecule has 1 fully saturated rings. The molecule has 5 atom stereocenters. The quantitative estimate of drug-likeness (QED) is 0.0126. The molecule has 1 aliphatic heterocycles. The molecule has 16 N–H and O–H groups in total. The van der Waals surface area contributed by atoms with Gasteiger partial charge in [0.1, 0.15) is 23.4 Å². The highest BCUT2D eigenvalue weighted by Crippen LogP contribution is 2.37. The van der Waals surface area contributed by atoms with Crippen molar-refractivity contribution in [3.63, 3.8) is 0 Å². The molecule has 137 heavy (non-hydrogen) atoms. The molecule has 0 aromatic heterocycles. The Labute approximate surface area is 821 Å². The van der Waals surface area contributed by atoms with Crippen LogP contribution < -0.4 is 34.4 Å². The minimum atomic E-state index is -4.35. The summed E-state index contributed by atoms with van der Waals surface area (Å²) in [6, 6.07) is 6.31. The van der Waals surface area contributed by atoms with Crippen molar-refractivity contribution in [3.8, 4) is 0 Å². The number of benzene rings is 1. The maximum Gasteiger partial charge on any atom is 0.471 e. The first-order valence-corrected chi connectivity index (χ1v) is 49.5. The Bertz CT molecular complexity index is 3490. The standard InChI is InChI=1S/C16H24N2O2.C14H27NO3.2C11H21NO3.C8H15NO3.C8H17NO2.C7H15NO2.C7H14O2.C5H11NO2.C4H11O5P.C3H9O4P.CH4/c1-13(2)20-16(19)15-6-4-5-14(11-15)12-18-9-7-17(3)8-10-18;1-8(2)11(14(17)18-10(5)6)7-12(16)13(15)9(3)4;1-7(2)10(5-9(13)6-12)11(14)15-8(3)4;1-7(2)11(12)9(13)5-6-10(14)15-8(3)4;1-6(2)12-8(11)4-3-7(10)5-9;1-5(2)7(9)8(10)11-6(3)4;1-6(2)10-7(9)5-8(3)4;1-5(2)7(8)9-6(3)4;1-4(2)8-5(7)3-6;1-4(2)8-3-9-10(5,6)7;1-3(2)7-8(4,5)6;/h4-6,11,13H,7-10,12H2,1-3H3;8-11,13H,7,15H2,1-6H3;7-8,10H,5-6,12H2,1-4H3;7-8,11H,5-6,12H2,1-4H3;6H,3-5,9H2,1-2H3;5-7H,9H2,1-4H3;6H,5H2,1-4H3;5-6H,1-4H3;4H,3,6H2,1-2H3;4H,3H2,1-2H3,(H2,5,6,7);3H,1-2H3,(H2,4,5,6);1H4/t;11-,13-;10-;11-;;7-;;;;;;/m.000.0....../s1. The SMILES string of the molecule is C.CC(C)OC(=O)C(C)C.CC(C)OC(=O)CCC(=O)CN.CC(C)OC(=O)CCC(=O)[C@@H](N)C(C)C.CC(C)OC(=O)CN.CC(C)OC(=O)CN(C)C.CC(C)OC(=O)[C@@H](CC(=O)CN)C(C)C.CC(C)OC(=O)[C@@H](CC(=O)[C@@H](N)C(C)C)C(C)C.CC(C)OC(=O)[C@@H](N)C(C)C.CC(C)OC(=O)c1cccc(CN2CCN(C)CC2)c1.CC(C)OCOP(=O)(O)O.CC(C)OP(=O)(O)O. The molecular weight excluding hydrogens is 1830 g/mol. The average Bonchev–Trinajstić information content (AvgIpc) is 0.868. The van der Waals surface area contributed by atoms with Gasteiger partial charge in [0.2, 0.25) is 0 Å². The number of nitrogens with two attached hydrogens (primary N) is 6. The van der Waals surface area contributed by atoms with Crippen LogP contribution in [0.15, 0.2) is 24.3 Å². The summed E-state index contributed by atoms with van der Waals surface area (Å²) in [5.41, 5.74) is 34.0. The van der Waals surface area contributed by atoms with Crippen LogP contribution in [0.1, 0.15) is 297 Å². The molecule has 1 aromatic rings. The Balaban J connectivity index is -0.000000164. The summed E-state index contributed by atoms with van der Waals surface area (Å²) in [6.07, 6.45) is -0.311. The number of likely N-dealkylation sites (N-methyl/N-ethyl adjacent to an activating group) is 2. The van der Waals surface area contributed by atoms with Crippen molar-refractivity contribution in [1.82, 2.24) is 14.7 Å². The molecule has 1 aliphatic rings. The summed E-state index contributed by atoms with van der Waals surface area (Å²) >= 11 is 0. The number of carbonyl (C=O) groups is 13. The molecule has 0 spiro atoms. The van der Waals surface area contributed by atoms with Gasteiger partial charge in [-0.1, -0.05) is 103 Å². The zero-order valence-electron chi connectivity index (χ0n) is 89.3. The van der Waals surface area contributed by atoms with Crippen LogP contribution in [0.5, 0.6) is 0 Å². The van der Waals surface area contributed by atoms with Crippen molar-refractivity contribution in [3.05, 3.63) is 35.4 Å². The Hall–Kier alpha value is -7.05. The molecule has 1 aromatic carbocycles. The Kier molecular flexibility index (Phi) is 93.9. The predicted molar refractivity (Wildman–Crippen MR) is 532 cm³/mol. The minimum absolute atomic E-state index is 0. The second-order valence-corrected chi connectivity index (χ2v) is 39.3. The highest BCUT2D eigenvalue weighted by Gasteiger charge is 2.31. The number of rotatable bonds is 44. The lowest BCUT2D eigenvalue weighted by molar-refractivity contribution is -0.156. The third-order valence-electron chi connectivity index (χ3n) is 16.3. The first-order valence-electron chi connectivity index (χ1n) is 46.5. The van der Waals surface area contributed by atoms with E-state index in [0.29, 0.717) is 12.1 Å². The van der Waals surface area contributed by atoms with Crippen molar-refractivity contribution in [1.29, 1.82) is 0 Å². The van der Waals surface area contributed by atoms with Gasteiger partial charge >= 0.3 is 69.4 Å². The normalized spacial score (nSPS) is 13.0. The number of hydrogen-bond donors (Lipinski definition) is 10. The van der Waals surface area contributed by atoms with Gasteiger partial charge in [-0.25, -0.2) is 13.9 Å². The van der Waals surface area contributed by atoms with Gasteiger partial charge < -0.3 is 106 Å². The first-order chi connectivity index (χ1) is 62.0. The third-order valence-corrected chi connectivity index (χ3v) is 17.5. The molecule has 0 bridgehead atoms. The number of ketones is 4. The van der Waals surface area contributed by atoms with Gasteiger partial charge in [0.15, 0.2) is 12.6 Å². The fourth-order valence-corrected chi connectivity index (χ4v) is 10.0. The van der Waals surface area contributed by atoms with Gasteiger partial charge in [-0.3, -0.25) is 76.4 Å². The lowest BCUT2D eigenvalue weighted by Gasteiger charge is -2.32. The number of hydrogen-bond acceptors (Lipinski definition) is 36. The fraction of sp³-hybridized carbons (Fsp3) is 0.800. The number of Topliss-reactive ketones (excluding diaryl/α,β-unsaturated/α-hetero) is 4. The van der Waals surface area contributed by atoms with Crippen LogP contribution >= 0.6 is 15.6 Å². The number of phosphoric acid groups is 2. The summed E-state index contributed by atoms with van der Waals surface area (Å²) in [5.74, 6) is -3.11. The predicted octanol–water partition coefficient (Wildman–Crippen LogP) is 11.3. The van der Waals surface area contributed by atoms with Crippen molar-refractivity contribution in [2.75, 3.05) is 80.3 Å². The fourth-order valence-electron chi connectivity index (χ4n) is 9.30. The first kappa shape index (κ1) is 150. The van der Waals surface area contributed by atoms with Crippen molar-refractivity contribution >= 4 is 92.5 Å². The van der Waals surface area contributed by atoms with Crippen LogP contribution in [-0.4, -0.2) is 277 Å². The molecular formula is C95H189N9O31P2. The lowest BCUT2D eigenvalue weighted by Crippen LogP contribution is -2.43. The summed E-state index contributed by atoms with van der Waals surface area (Å²) in [7, 11) is -2.75. The maximum absolute atomic E-state index is 12.0. The molecule has 810 valence electrons. The summed E-state index contributed by atoms with van der Waals surface area (Å²) in [4.78, 5) is 185. The van der Waals surface area contributed by atoms with Gasteiger partial charge in [-0.2, -0.15) is 0 Å². The van der Waals surface area contributed by atoms with Gasteiger partial charge in [-0.05, 0) is 221 Å². The van der Waals surface area contributed by atoms with E-state index in [1.54, 1.807) is 102 Å². The lowest BCUT2D eigenvalue weighted by atomic mass is 9.87. The van der Waals surface area contributed by atoms with E-state index in [2.05, 4.69) is 36.7 Å². The van der Waals surface area contributed by atoms with Crippen molar-refractivity contribution in [2.45, 2.75) is 373 Å². The van der Waals surface area contributed by atoms with Crippen molar-refractivity contribution in [2.24, 2.45) is 81.7 Å². The van der Waals surface area contributed by atoms with E-state index in [1.807, 2.05) is 171 Å². The Morgan fingerprint density at radius 3 is 1.05 bits per heavy atom. The number of nitrogens with zero attached hydrogens (tertiary/aromatic N) is 3. The molecule has 42 heteroatoms. The smallest absolute Gasteiger partial charge is 0.463 e. The van der Waals surface area contributed by atoms with Gasteiger partial charge in [0.05, 0.1) is 142 Å². The summed E-state index contributed by atoms with van der Waals surface area (Å²) in [5, 5.41) is 0. The molecule has 2 rings (SSSR count). The number of esters is 9. The molecule has 40 nitrogen and oxygen atoms in total. The zero-order valence-corrected chi connectivity index (χ0v) is 91.1. The van der Waals surface area contributed by atoms with Crippen LogP contribution in [0.4, 0.5) is 0 Å². The monoisotopic (exact) mass is 2010 g/mol. The van der Waals surface area contributed by atoms with E-state index in [1.165, 1.54) is 5.56 Å². The second-order valence-electron chi connectivity index (χ2n) is 36.9. The number of ether oxygens (including phenoxy) is 10. The van der Waals surface area contributed by atoms with E-state index in [9.17, 15) is 71.5 Å². The van der Waals surface area contributed by atoms with E-state index in [4.69, 9.17) is 96.6 Å². The van der Waals surface area contributed by atoms with E-state index in [-0.39, 0.29) is 252 Å². The Morgan fingerprint density at radius 2 is 0.745 bits per heavy atom. The largest absolute Gasteiger partial charge is 0.471 e. The molecule has 1 heterocycles. The van der Waals surface area contributed by atoms with Crippen LogP contribution in [0.3, 0.4) is 0 Å². The van der Waals surface area contributed by atoms with Crippen LogP contribution in [0, 0.1) is 47.3 Å². The maximum atomic E-state index is 12.0. The summed E-state index contributed by atoms with van der Waals surface area (Å²) in [6.45, 7) is 67.0. The topological polar surface area (TPSA) is 614 Å². The van der Waals surface area contributed by atoms with E-state index in [0.717, 1.165) is 32.7 Å². The summed E-state index contributed by atoms with van der Waals surface area (Å²) < 4.78 is 77.2. The zero-order chi connectivity index (χ0) is 109. The average molecular weight is 2020 g/mol. The van der Waals surface area contributed by atoms with Crippen LogP contribution in [0.25, 0.3) is 0 Å². The third kappa shape index (κ3) is 105. The Morgan fingerprint density at radius 1 is 0.387 bits per heavy atom. The highest BCUT2D eigenvalue weighted by molar-refractivity contribution is 7.46. The second kappa shape index (κ2) is 85.7. The number of phosphoric ester groups is 2. The molecule has 0 aliphatic carbocycles. The van der Waals surface area contributed by atoms with Crippen LogP contribution in [-0.2, 0) is 130 Å². The van der Waals surface area contributed by atoms with Gasteiger partial charge in [-0.15, -0.1) is 0 Å². The van der Waals surface area contributed by atoms with Gasteiger partial charge in [0.25, 0.3) is 0 Å². The molecule has 0 unspecified atom stereocenters. The highest BCUT2D eigenvalue weighted by atomic mass is 31.2. The molecule has 0 amide bonds. The molecule has 0 saturated carbocycles. The van der Waals surface area contributed by atoms with Crippen LogP contribution in [0.2, 0.25) is 0 Å². The minimum Gasteiger partial charge on any atom is -0.463 e. The number of piperazine rings is 1. The number of carbonyl (C=O) groups excluding carboxylic acids is 13. The van der Waals surface area contributed by atoms with Gasteiger partial charge in [0, 0.05) is 58.4 Å². The van der Waals surface area contributed by atoms with E-state index >= 15 is 0 Å². The van der Waals surface area contributed by atoms with E-state index < -0.39 is 45.8 Å². The molecule has 1 saturated heterocycles. The molecule has 0 radical (unpaired) electrons.